The van der Waals surface area contributed by atoms with Gasteiger partial charge in [-0.3, -0.25) is 14.9 Å². The zero-order chi connectivity index (χ0) is 24.2. The maximum atomic E-state index is 13.0. The molecule has 0 spiro atoms. The molecule has 7 heteroatoms. The summed E-state index contributed by atoms with van der Waals surface area (Å²) >= 11 is 0. The first-order valence-corrected chi connectivity index (χ1v) is 12.2. The summed E-state index contributed by atoms with van der Waals surface area (Å²) in [7, 11) is 3.12. The van der Waals surface area contributed by atoms with Gasteiger partial charge in [0.15, 0.2) is 23.2 Å². The van der Waals surface area contributed by atoms with Crippen LogP contribution in [0.5, 0.6) is 11.5 Å². The van der Waals surface area contributed by atoms with Gasteiger partial charge in [-0.15, -0.1) is 0 Å². The summed E-state index contributed by atoms with van der Waals surface area (Å²) in [5.41, 5.74) is 6.84. The molecule has 0 bridgehead atoms. The maximum Gasteiger partial charge on any atom is 0.231 e. The van der Waals surface area contributed by atoms with Crippen LogP contribution < -0.4 is 20.5 Å². The van der Waals surface area contributed by atoms with Crippen LogP contribution in [0.1, 0.15) is 77.2 Å². The molecule has 1 aromatic rings. The molecule has 0 aromatic heterocycles. The molecular weight excluding hydrogens is 418 g/mol. The average Bonchev–Trinajstić information content (AvgIpc) is 2.82. The summed E-state index contributed by atoms with van der Waals surface area (Å²) in [5, 5.41) is 2.66. The van der Waals surface area contributed by atoms with Gasteiger partial charge in [-0.2, -0.15) is 0 Å². The number of guanidine groups is 1. The fraction of sp³-hybridized carbons (Fsp3) is 0.654. The summed E-state index contributed by atoms with van der Waals surface area (Å²) in [6.45, 7) is 4.30. The Bertz CT molecular complexity index is 803. The van der Waals surface area contributed by atoms with E-state index in [2.05, 4.69) is 24.2 Å². The van der Waals surface area contributed by atoms with E-state index in [0.29, 0.717) is 36.2 Å². The van der Waals surface area contributed by atoms with E-state index >= 15 is 0 Å². The highest BCUT2D eigenvalue weighted by Gasteiger charge is 2.24. The van der Waals surface area contributed by atoms with Gasteiger partial charge in [-0.1, -0.05) is 58.4 Å². The van der Waals surface area contributed by atoms with Gasteiger partial charge in [0, 0.05) is 6.42 Å². The molecule has 0 saturated heterocycles. The maximum absolute atomic E-state index is 13.0. The molecule has 0 heterocycles. The number of carbonyl (C=O) groups is 2. The molecular formula is C26H41N3O4. The van der Waals surface area contributed by atoms with Crippen molar-refractivity contribution in [3.8, 4) is 11.5 Å². The minimum Gasteiger partial charge on any atom is -0.493 e. The second-order valence-electron chi connectivity index (χ2n) is 9.20. The van der Waals surface area contributed by atoms with Gasteiger partial charge in [0.05, 0.1) is 20.6 Å². The van der Waals surface area contributed by atoms with Crippen molar-refractivity contribution < 1.29 is 19.1 Å². The first-order valence-electron chi connectivity index (χ1n) is 12.2. The molecule has 1 aromatic carbocycles. The number of methoxy groups -OCH3 is 2. The molecule has 1 saturated carbocycles. The topological polar surface area (TPSA) is 103 Å². The molecule has 0 unspecified atom stereocenters. The van der Waals surface area contributed by atoms with Crippen LogP contribution in [0.15, 0.2) is 23.2 Å². The highest BCUT2D eigenvalue weighted by molar-refractivity contribution is 5.98. The Hall–Kier alpha value is -2.57. The zero-order valence-corrected chi connectivity index (χ0v) is 20.7. The minimum atomic E-state index is -0.487. The number of Topliss-reactive ketones (excluding diaryl/α,β-unsaturated/α-hetero) is 1. The van der Waals surface area contributed by atoms with Crippen LogP contribution in [0, 0.1) is 11.8 Å². The van der Waals surface area contributed by atoms with E-state index in [0.717, 1.165) is 31.2 Å². The van der Waals surface area contributed by atoms with Gasteiger partial charge in [0.2, 0.25) is 5.91 Å². The van der Waals surface area contributed by atoms with E-state index < -0.39 is 6.04 Å². The SMILES string of the molecule is CC[C@H](C)CCC(=O)[C@@H](CC1CCCCC1)N=C(N)NC(=O)Cc1ccc(OC)c(OC)c1. The fourth-order valence-electron chi connectivity index (χ4n) is 4.32. The van der Waals surface area contributed by atoms with Crippen LogP contribution in [0.4, 0.5) is 0 Å². The Morgan fingerprint density at radius 1 is 1.15 bits per heavy atom. The molecule has 7 nitrogen and oxygen atoms in total. The van der Waals surface area contributed by atoms with Crippen LogP contribution >= 0.6 is 0 Å². The van der Waals surface area contributed by atoms with Crippen LogP contribution in [0.2, 0.25) is 0 Å². The lowest BCUT2D eigenvalue weighted by atomic mass is 9.83. The second kappa shape index (κ2) is 13.9. The number of nitrogens with zero attached hydrogens (tertiary/aromatic N) is 1. The van der Waals surface area contributed by atoms with Crippen LogP contribution in [0.25, 0.3) is 0 Å². The number of aliphatic imine (C=N–C) groups is 1. The van der Waals surface area contributed by atoms with Gasteiger partial charge in [-0.25, -0.2) is 4.99 Å². The Balaban J connectivity index is 2.03. The van der Waals surface area contributed by atoms with E-state index in [9.17, 15) is 9.59 Å². The van der Waals surface area contributed by atoms with Crippen LogP contribution in [0.3, 0.4) is 0 Å². The van der Waals surface area contributed by atoms with Crippen LogP contribution in [-0.2, 0) is 16.0 Å². The van der Waals surface area contributed by atoms with Gasteiger partial charge in [-0.05, 0) is 42.4 Å². The smallest absolute Gasteiger partial charge is 0.231 e. The van der Waals surface area contributed by atoms with E-state index in [1.54, 1.807) is 32.4 Å². The van der Waals surface area contributed by atoms with Crippen molar-refractivity contribution in [2.45, 2.75) is 84.1 Å². The number of rotatable bonds is 12. The number of hydrogen-bond donors (Lipinski definition) is 2. The number of carbonyl (C=O) groups excluding carboxylic acids is 2. The summed E-state index contributed by atoms with van der Waals surface area (Å²) < 4.78 is 10.5. The van der Waals surface area contributed by atoms with Gasteiger partial charge in [0.25, 0.3) is 0 Å². The second-order valence-corrected chi connectivity index (χ2v) is 9.20. The molecule has 2 rings (SSSR count). The van der Waals surface area contributed by atoms with Crippen molar-refractivity contribution in [2.24, 2.45) is 22.6 Å². The number of ketones is 1. The molecule has 2 atom stereocenters. The standard InChI is InChI=1S/C26H41N3O4/c1-5-18(2)11-13-22(30)21(15-19-9-7-6-8-10-19)28-26(27)29-25(31)17-20-12-14-23(32-3)24(16-20)33-4/h12,14,16,18-19,21H,5-11,13,15,17H2,1-4H3,(H3,27,28,29,31)/t18-,21+/m0/s1. The summed E-state index contributed by atoms with van der Waals surface area (Å²) in [6, 6.07) is 4.84. The molecule has 1 aliphatic carbocycles. The summed E-state index contributed by atoms with van der Waals surface area (Å²) in [5.74, 6) is 2.01. The first-order chi connectivity index (χ1) is 15.9. The van der Waals surface area contributed by atoms with E-state index in [1.165, 1.54) is 19.3 Å². The largest absolute Gasteiger partial charge is 0.493 e. The molecule has 0 aliphatic heterocycles. The Kier molecular flexibility index (Phi) is 11.2. The van der Waals surface area contributed by atoms with Gasteiger partial charge in [0.1, 0.15) is 6.04 Å². The number of nitrogens with one attached hydrogen (secondary N) is 1. The van der Waals surface area contributed by atoms with E-state index in [4.69, 9.17) is 15.2 Å². The third kappa shape index (κ3) is 9.06. The summed E-state index contributed by atoms with van der Waals surface area (Å²) in [4.78, 5) is 30.0. The molecule has 1 amide bonds. The van der Waals surface area contributed by atoms with Gasteiger partial charge < -0.3 is 15.2 Å². The van der Waals surface area contributed by atoms with Crippen molar-refractivity contribution in [1.82, 2.24) is 5.32 Å². The van der Waals surface area contributed by atoms with Crippen molar-refractivity contribution >= 4 is 17.6 Å². The van der Waals surface area contributed by atoms with Crippen molar-refractivity contribution in [3.05, 3.63) is 23.8 Å². The molecule has 1 fully saturated rings. The lowest BCUT2D eigenvalue weighted by molar-refractivity contribution is -0.121. The highest BCUT2D eigenvalue weighted by Crippen LogP contribution is 2.29. The molecule has 3 N–H and O–H groups in total. The third-order valence-corrected chi connectivity index (χ3v) is 6.61. The number of hydrogen-bond acceptors (Lipinski definition) is 5. The van der Waals surface area contributed by atoms with Crippen LogP contribution in [-0.4, -0.2) is 37.9 Å². The Labute approximate surface area is 198 Å². The van der Waals surface area contributed by atoms with E-state index in [-0.39, 0.29) is 24.1 Å². The number of amides is 1. The zero-order valence-electron chi connectivity index (χ0n) is 20.7. The number of nitrogens with two attached hydrogens (primary N) is 1. The minimum absolute atomic E-state index is 0.0122. The lowest BCUT2D eigenvalue weighted by Crippen LogP contribution is -2.40. The molecule has 33 heavy (non-hydrogen) atoms. The quantitative estimate of drug-likeness (QED) is 0.356. The normalized spacial score (nSPS) is 16.7. The number of ether oxygens (including phenoxy) is 2. The average molecular weight is 460 g/mol. The molecule has 1 aliphatic rings. The highest BCUT2D eigenvalue weighted by atomic mass is 16.5. The predicted octanol–water partition coefficient (Wildman–Crippen LogP) is 4.41. The van der Waals surface area contributed by atoms with Gasteiger partial charge >= 0.3 is 0 Å². The molecule has 184 valence electrons. The fourth-order valence-corrected chi connectivity index (χ4v) is 4.32. The third-order valence-electron chi connectivity index (χ3n) is 6.61. The number of benzene rings is 1. The lowest BCUT2D eigenvalue weighted by Gasteiger charge is -2.24. The monoisotopic (exact) mass is 459 g/mol. The van der Waals surface area contributed by atoms with E-state index in [1.807, 2.05) is 0 Å². The summed E-state index contributed by atoms with van der Waals surface area (Å²) in [6.07, 6.45) is 9.20. The Morgan fingerprint density at radius 3 is 2.48 bits per heavy atom. The van der Waals surface area contributed by atoms with Crippen molar-refractivity contribution in [1.29, 1.82) is 0 Å². The van der Waals surface area contributed by atoms with Crippen molar-refractivity contribution in [3.63, 3.8) is 0 Å². The Morgan fingerprint density at radius 2 is 1.85 bits per heavy atom. The van der Waals surface area contributed by atoms with Crippen molar-refractivity contribution in [2.75, 3.05) is 14.2 Å². The molecule has 0 radical (unpaired) electrons. The first kappa shape index (κ1) is 26.7. The predicted molar refractivity (Wildman–Crippen MR) is 132 cm³/mol.